The molecule has 102 valence electrons. The van der Waals surface area contributed by atoms with Gasteiger partial charge in [-0.25, -0.2) is 0 Å². The van der Waals surface area contributed by atoms with Crippen LogP contribution in [0.4, 0.5) is 11.8 Å². The molecule has 6 heteroatoms. The average Bonchev–Trinajstić information content (AvgIpc) is 3.06. The van der Waals surface area contributed by atoms with Crippen molar-refractivity contribution in [3.63, 3.8) is 0 Å². The van der Waals surface area contributed by atoms with E-state index >= 15 is 0 Å². The highest BCUT2D eigenvalue weighted by molar-refractivity contribution is 5.87. The van der Waals surface area contributed by atoms with Crippen LogP contribution in [0, 0.1) is 0 Å². The molecule has 3 heterocycles. The summed E-state index contributed by atoms with van der Waals surface area (Å²) < 4.78 is 1.81. The Morgan fingerprint density at radius 3 is 2.79 bits per heavy atom. The Morgan fingerprint density at radius 2 is 2.05 bits per heavy atom. The van der Waals surface area contributed by atoms with Crippen LogP contribution in [0.25, 0.3) is 11.0 Å². The van der Waals surface area contributed by atoms with E-state index in [1.54, 1.807) is 0 Å². The van der Waals surface area contributed by atoms with Crippen molar-refractivity contribution in [2.24, 2.45) is 7.05 Å². The second-order valence-electron chi connectivity index (χ2n) is 5.00. The number of anilines is 2. The molecule has 0 atom stereocenters. The summed E-state index contributed by atoms with van der Waals surface area (Å²) >= 11 is 0. The van der Waals surface area contributed by atoms with Gasteiger partial charge in [-0.05, 0) is 19.3 Å². The van der Waals surface area contributed by atoms with Gasteiger partial charge in [-0.2, -0.15) is 15.1 Å². The number of hydrogen-bond donors (Lipinski definition) is 1. The molecule has 0 radical (unpaired) electrons. The number of aryl methyl sites for hydroxylation is 1. The number of nitrogens with one attached hydrogen (secondary N) is 1. The lowest BCUT2D eigenvalue weighted by molar-refractivity contribution is 0.782. The number of hydrogen-bond acceptors (Lipinski definition) is 5. The van der Waals surface area contributed by atoms with Gasteiger partial charge in [0.2, 0.25) is 5.95 Å². The highest BCUT2D eigenvalue weighted by Gasteiger charge is 2.18. The van der Waals surface area contributed by atoms with E-state index in [0.29, 0.717) is 0 Å². The lowest BCUT2D eigenvalue weighted by atomic mass is 10.3. The van der Waals surface area contributed by atoms with Crippen LogP contribution < -0.4 is 10.2 Å². The van der Waals surface area contributed by atoms with Crippen LogP contribution in [0.1, 0.15) is 26.2 Å². The van der Waals surface area contributed by atoms with Crippen molar-refractivity contribution >= 4 is 22.8 Å². The SMILES string of the molecule is CCCNc1nc(N2CCCC2)nc2c1cnn2C. The van der Waals surface area contributed by atoms with Crippen LogP contribution in [0.2, 0.25) is 0 Å². The molecule has 2 aromatic heterocycles. The Balaban J connectivity index is 2.04. The van der Waals surface area contributed by atoms with E-state index in [4.69, 9.17) is 0 Å². The Kier molecular flexibility index (Phi) is 3.23. The molecule has 0 aromatic carbocycles. The van der Waals surface area contributed by atoms with Crippen molar-refractivity contribution < 1.29 is 0 Å². The number of nitrogens with zero attached hydrogens (tertiary/aromatic N) is 5. The minimum absolute atomic E-state index is 0.826. The first-order valence-electron chi connectivity index (χ1n) is 6.98. The quantitative estimate of drug-likeness (QED) is 0.908. The lowest BCUT2D eigenvalue weighted by Crippen LogP contribution is -2.21. The number of aromatic nitrogens is 4. The van der Waals surface area contributed by atoms with Gasteiger partial charge in [-0.1, -0.05) is 6.92 Å². The van der Waals surface area contributed by atoms with Gasteiger partial charge in [-0.15, -0.1) is 0 Å². The second kappa shape index (κ2) is 5.03. The summed E-state index contributed by atoms with van der Waals surface area (Å²) in [6.45, 7) is 5.17. The fraction of sp³-hybridized carbons (Fsp3) is 0.615. The molecule has 1 aliphatic heterocycles. The predicted octanol–water partition coefficient (Wildman–Crippen LogP) is 1.79. The largest absolute Gasteiger partial charge is 0.369 e. The Hall–Kier alpha value is -1.85. The molecule has 0 amide bonds. The summed E-state index contributed by atoms with van der Waals surface area (Å²) in [4.78, 5) is 11.6. The van der Waals surface area contributed by atoms with E-state index in [2.05, 4.69) is 32.2 Å². The van der Waals surface area contributed by atoms with Crippen LogP contribution in [0.15, 0.2) is 6.20 Å². The van der Waals surface area contributed by atoms with Gasteiger partial charge in [0.15, 0.2) is 5.65 Å². The van der Waals surface area contributed by atoms with E-state index in [9.17, 15) is 0 Å². The molecule has 1 fully saturated rings. The zero-order valence-electron chi connectivity index (χ0n) is 11.6. The summed E-state index contributed by atoms with van der Waals surface area (Å²) in [6, 6.07) is 0. The van der Waals surface area contributed by atoms with E-state index in [1.165, 1.54) is 12.8 Å². The summed E-state index contributed by atoms with van der Waals surface area (Å²) in [7, 11) is 1.92. The third-order valence-corrected chi connectivity index (χ3v) is 3.51. The number of fused-ring (bicyclic) bond motifs is 1. The van der Waals surface area contributed by atoms with Gasteiger partial charge in [-0.3, -0.25) is 4.68 Å². The first-order chi connectivity index (χ1) is 9.29. The third-order valence-electron chi connectivity index (χ3n) is 3.51. The maximum Gasteiger partial charge on any atom is 0.229 e. The number of rotatable bonds is 4. The summed E-state index contributed by atoms with van der Waals surface area (Å²) in [6.07, 6.45) is 5.36. The topological polar surface area (TPSA) is 58.9 Å². The molecule has 0 unspecified atom stereocenters. The van der Waals surface area contributed by atoms with Gasteiger partial charge >= 0.3 is 0 Å². The fourth-order valence-corrected chi connectivity index (χ4v) is 2.45. The zero-order valence-corrected chi connectivity index (χ0v) is 11.6. The van der Waals surface area contributed by atoms with Crippen LogP contribution in [-0.4, -0.2) is 39.4 Å². The van der Waals surface area contributed by atoms with Crippen molar-refractivity contribution in [1.82, 2.24) is 19.7 Å². The van der Waals surface area contributed by atoms with Gasteiger partial charge < -0.3 is 10.2 Å². The van der Waals surface area contributed by atoms with Crippen molar-refractivity contribution in [2.45, 2.75) is 26.2 Å². The highest BCUT2D eigenvalue weighted by Crippen LogP contribution is 2.24. The molecule has 0 bridgehead atoms. The highest BCUT2D eigenvalue weighted by atomic mass is 15.3. The molecule has 1 N–H and O–H groups in total. The monoisotopic (exact) mass is 260 g/mol. The van der Waals surface area contributed by atoms with E-state index in [0.717, 1.165) is 48.9 Å². The van der Waals surface area contributed by atoms with Crippen molar-refractivity contribution in [3.05, 3.63) is 6.20 Å². The fourth-order valence-electron chi connectivity index (χ4n) is 2.45. The summed E-state index contributed by atoms with van der Waals surface area (Å²) in [5, 5.41) is 8.67. The average molecular weight is 260 g/mol. The third kappa shape index (κ3) is 2.22. The lowest BCUT2D eigenvalue weighted by Gasteiger charge is -2.16. The van der Waals surface area contributed by atoms with Gasteiger partial charge in [0, 0.05) is 26.7 Å². The second-order valence-corrected chi connectivity index (χ2v) is 5.00. The standard InChI is InChI=1S/C13H20N6/c1-3-6-14-11-10-9-15-18(2)12(10)17-13(16-11)19-7-4-5-8-19/h9H,3-8H2,1-2H3,(H,14,16,17). The molecule has 3 rings (SSSR count). The molecule has 0 saturated carbocycles. The molecule has 6 nitrogen and oxygen atoms in total. The van der Waals surface area contributed by atoms with Crippen molar-refractivity contribution in [1.29, 1.82) is 0 Å². The Labute approximate surface area is 112 Å². The minimum atomic E-state index is 0.826. The van der Waals surface area contributed by atoms with Crippen LogP contribution in [0.5, 0.6) is 0 Å². The predicted molar refractivity (Wildman–Crippen MR) is 76.5 cm³/mol. The maximum absolute atomic E-state index is 4.68. The van der Waals surface area contributed by atoms with Crippen molar-refractivity contribution in [2.75, 3.05) is 29.9 Å². The van der Waals surface area contributed by atoms with Crippen LogP contribution >= 0.6 is 0 Å². The maximum atomic E-state index is 4.68. The van der Waals surface area contributed by atoms with Crippen LogP contribution in [0.3, 0.4) is 0 Å². The Bertz CT molecular complexity index is 570. The molecular formula is C13H20N6. The van der Waals surface area contributed by atoms with E-state index < -0.39 is 0 Å². The smallest absolute Gasteiger partial charge is 0.229 e. The van der Waals surface area contributed by atoms with E-state index in [-0.39, 0.29) is 0 Å². The molecule has 1 saturated heterocycles. The first-order valence-corrected chi connectivity index (χ1v) is 6.98. The summed E-state index contributed by atoms with van der Waals surface area (Å²) in [5.74, 6) is 1.73. The normalized spacial score (nSPS) is 15.4. The first kappa shape index (κ1) is 12.2. The van der Waals surface area contributed by atoms with Gasteiger partial charge in [0.05, 0.1) is 11.6 Å². The molecular weight excluding hydrogens is 240 g/mol. The van der Waals surface area contributed by atoms with E-state index in [1.807, 2.05) is 17.9 Å². The van der Waals surface area contributed by atoms with Gasteiger partial charge in [0.25, 0.3) is 0 Å². The van der Waals surface area contributed by atoms with Crippen LogP contribution in [-0.2, 0) is 7.05 Å². The Morgan fingerprint density at radius 1 is 1.26 bits per heavy atom. The van der Waals surface area contributed by atoms with Gasteiger partial charge in [0.1, 0.15) is 5.82 Å². The molecule has 0 aliphatic carbocycles. The van der Waals surface area contributed by atoms with Crippen molar-refractivity contribution in [3.8, 4) is 0 Å². The molecule has 2 aromatic rings. The summed E-state index contributed by atoms with van der Waals surface area (Å²) in [5.41, 5.74) is 0.899. The molecule has 0 spiro atoms. The minimum Gasteiger partial charge on any atom is -0.369 e. The zero-order chi connectivity index (χ0) is 13.2. The molecule has 19 heavy (non-hydrogen) atoms. The molecule has 1 aliphatic rings.